The van der Waals surface area contributed by atoms with Crippen molar-refractivity contribution in [1.82, 2.24) is 4.90 Å². The fourth-order valence-corrected chi connectivity index (χ4v) is 3.83. The Morgan fingerprint density at radius 1 is 1.44 bits per heavy atom. The maximum Gasteiger partial charge on any atom is 0.238 e. The van der Waals surface area contributed by atoms with Gasteiger partial charge in [0.15, 0.2) is 0 Å². The van der Waals surface area contributed by atoms with Crippen molar-refractivity contribution in [2.45, 2.75) is 25.5 Å². The van der Waals surface area contributed by atoms with Crippen LogP contribution >= 0.6 is 22.9 Å². The molecule has 1 aromatic heterocycles. The van der Waals surface area contributed by atoms with Gasteiger partial charge in [0.2, 0.25) is 5.91 Å². The van der Waals surface area contributed by atoms with E-state index in [-0.39, 0.29) is 23.6 Å². The van der Waals surface area contributed by atoms with Gasteiger partial charge in [-0.3, -0.25) is 9.69 Å². The quantitative estimate of drug-likeness (QED) is 0.781. The van der Waals surface area contributed by atoms with Gasteiger partial charge in [-0.2, -0.15) is 0 Å². The molecule has 25 heavy (non-hydrogen) atoms. The van der Waals surface area contributed by atoms with Gasteiger partial charge in [-0.1, -0.05) is 17.7 Å². The Morgan fingerprint density at radius 2 is 2.32 bits per heavy atom. The zero-order valence-corrected chi connectivity index (χ0v) is 15.3. The molecule has 2 heterocycles. The minimum atomic E-state index is -0.430. The molecule has 0 saturated carbocycles. The van der Waals surface area contributed by atoms with Crippen LogP contribution in [0.3, 0.4) is 0 Å². The van der Waals surface area contributed by atoms with Crippen molar-refractivity contribution in [2.24, 2.45) is 0 Å². The lowest BCUT2D eigenvalue weighted by Crippen LogP contribution is -2.37. The summed E-state index contributed by atoms with van der Waals surface area (Å²) in [5.41, 5.74) is 0.418. The second kappa shape index (κ2) is 8.76. The summed E-state index contributed by atoms with van der Waals surface area (Å²) in [5, 5.41) is 4.97. The van der Waals surface area contributed by atoms with E-state index in [2.05, 4.69) is 16.3 Å². The number of nitrogens with one attached hydrogen (secondary N) is 1. The second-order valence-electron chi connectivity index (χ2n) is 6.06. The van der Waals surface area contributed by atoms with Crippen molar-refractivity contribution in [3.8, 4) is 0 Å². The van der Waals surface area contributed by atoms with Gasteiger partial charge in [-0.15, -0.1) is 11.3 Å². The molecule has 3 rings (SSSR count). The SMILES string of the molecule is O=C(CN(Cc1cccs1)C[C@@H]1CCCO1)Nc1ccc(F)cc1Cl. The summed E-state index contributed by atoms with van der Waals surface area (Å²) in [6, 6.07) is 7.99. The highest BCUT2D eigenvalue weighted by Gasteiger charge is 2.21. The lowest BCUT2D eigenvalue weighted by atomic mass is 10.2. The number of benzene rings is 1. The van der Waals surface area contributed by atoms with Crippen molar-refractivity contribution < 1.29 is 13.9 Å². The number of ether oxygens (including phenoxy) is 1. The van der Waals surface area contributed by atoms with Gasteiger partial charge in [0, 0.05) is 24.6 Å². The average molecular weight is 383 g/mol. The Labute approximate surface area is 155 Å². The number of thiophene rings is 1. The third kappa shape index (κ3) is 5.51. The smallest absolute Gasteiger partial charge is 0.238 e. The normalized spacial score (nSPS) is 17.2. The lowest BCUT2D eigenvalue weighted by molar-refractivity contribution is -0.117. The predicted octanol–water partition coefficient (Wildman–Crippen LogP) is 4.16. The van der Waals surface area contributed by atoms with Crippen molar-refractivity contribution in [3.63, 3.8) is 0 Å². The first kappa shape index (κ1) is 18.3. The molecule has 1 aliphatic rings. The molecule has 0 unspecified atom stereocenters. The van der Waals surface area contributed by atoms with Crippen molar-refractivity contribution in [2.75, 3.05) is 25.0 Å². The Morgan fingerprint density at radius 3 is 3.00 bits per heavy atom. The van der Waals surface area contributed by atoms with E-state index in [1.165, 1.54) is 23.1 Å². The van der Waals surface area contributed by atoms with Crippen LogP contribution in [0, 0.1) is 5.82 Å². The molecule has 0 spiro atoms. The molecule has 0 aliphatic carbocycles. The summed E-state index contributed by atoms with van der Waals surface area (Å²) in [6.45, 7) is 2.42. The second-order valence-corrected chi connectivity index (χ2v) is 7.50. The minimum absolute atomic E-state index is 0.169. The van der Waals surface area contributed by atoms with E-state index >= 15 is 0 Å². The number of carbonyl (C=O) groups excluding carboxylic acids is 1. The maximum atomic E-state index is 13.1. The highest BCUT2D eigenvalue weighted by atomic mass is 35.5. The zero-order chi connectivity index (χ0) is 17.6. The van der Waals surface area contributed by atoms with Crippen LogP contribution in [0.25, 0.3) is 0 Å². The molecule has 1 saturated heterocycles. The summed E-state index contributed by atoms with van der Waals surface area (Å²) in [7, 11) is 0. The largest absolute Gasteiger partial charge is 0.377 e. The highest BCUT2D eigenvalue weighted by molar-refractivity contribution is 7.09. The van der Waals surface area contributed by atoms with E-state index in [1.54, 1.807) is 11.3 Å². The van der Waals surface area contributed by atoms with Crippen LogP contribution in [-0.4, -0.2) is 36.6 Å². The van der Waals surface area contributed by atoms with E-state index in [0.717, 1.165) is 19.4 Å². The van der Waals surface area contributed by atoms with Gasteiger partial charge in [0.05, 0.1) is 23.4 Å². The van der Waals surface area contributed by atoms with Gasteiger partial charge in [0.1, 0.15) is 5.82 Å². The molecular formula is C18H20ClFN2O2S. The van der Waals surface area contributed by atoms with Crippen LogP contribution in [0.2, 0.25) is 5.02 Å². The van der Waals surface area contributed by atoms with Gasteiger partial charge >= 0.3 is 0 Å². The molecule has 1 aliphatic heterocycles. The summed E-state index contributed by atoms with van der Waals surface area (Å²) < 4.78 is 18.8. The van der Waals surface area contributed by atoms with Gasteiger partial charge in [0.25, 0.3) is 0 Å². The molecule has 1 fully saturated rings. The molecule has 1 atom stereocenters. The van der Waals surface area contributed by atoms with Crippen molar-refractivity contribution in [1.29, 1.82) is 0 Å². The van der Waals surface area contributed by atoms with Gasteiger partial charge < -0.3 is 10.1 Å². The van der Waals surface area contributed by atoms with Gasteiger partial charge in [-0.25, -0.2) is 4.39 Å². The monoisotopic (exact) mass is 382 g/mol. The summed E-state index contributed by atoms with van der Waals surface area (Å²) in [5.74, 6) is -0.608. The van der Waals surface area contributed by atoms with E-state index in [1.807, 2.05) is 11.4 Å². The fourth-order valence-electron chi connectivity index (χ4n) is 2.87. The number of carbonyl (C=O) groups is 1. The number of amides is 1. The van der Waals surface area contributed by atoms with Crippen LogP contribution in [0.5, 0.6) is 0 Å². The lowest BCUT2D eigenvalue weighted by Gasteiger charge is -2.24. The van der Waals surface area contributed by atoms with Crippen LogP contribution in [0.15, 0.2) is 35.7 Å². The Balaban J connectivity index is 1.62. The first-order chi connectivity index (χ1) is 12.1. The molecule has 1 aromatic carbocycles. The van der Waals surface area contributed by atoms with E-state index in [4.69, 9.17) is 16.3 Å². The van der Waals surface area contributed by atoms with Crippen molar-refractivity contribution in [3.05, 3.63) is 51.4 Å². The predicted molar refractivity (Wildman–Crippen MR) is 98.6 cm³/mol. The molecule has 7 heteroatoms. The molecule has 0 radical (unpaired) electrons. The van der Waals surface area contributed by atoms with Crippen molar-refractivity contribution >= 4 is 34.5 Å². The van der Waals surface area contributed by atoms with Crippen LogP contribution in [0.1, 0.15) is 17.7 Å². The Bertz CT molecular complexity index is 705. The molecule has 1 amide bonds. The summed E-state index contributed by atoms with van der Waals surface area (Å²) >= 11 is 7.64. The first-order valence-electron chi connectivity index (χ1n) is 8.21. The van der Waals surface area contributed by atoms with E-state index < -0.39 is 5.82 Å². The minimum Gasteiger partial charge on any atom is -0.377 e. The molecule has 1 N–H and O–H groups in total. The summed E-state index contributed by atoms with van der Waals surface area (Å²) in [4.78, 5) is 15.7. The number of anilines is 1. The highest BCUT2D eigenvalue weighted by Crippen LogP contribution is 2.23. The molecular weight excluding hydrogens is 363 g/mol. The standard InChI is InChI=1S/C18H20ClFN2O2S/c19-16-9-13(20)5-6-17(16)21-18(23)12-22(10-14-3-1-7-24-14)11-15-4-2-8-25-15/h2,4-6,8-9,14H,1,3,7,10-12H2,(H,21,23)/t14-/m0/s1. The molecule has 0 bridgehead atoms. The molecule has 134 valence electrons. The zero-order valence-electron chi connectivity index (χ0n) is 13.7. The summed E-state index contributed by atoms with van der Waals surface area (Å²) in [6.07, 6.45) is 2.25. The number of hydrogen-bond donors (Lipinski definition) is 1. The molecule has 4 nitrogen and oxygen atoms in total. The number of rotatable bonds is 7. The van der Waals surface area contributed by atoms with Crippen LogP contribution in [-0.2, 0) is 16.1 Å². The first-order valence-corrected chi connectivity index (χ1v) is 9.47. The average Bonchev–Trinajstić information content (AvgIpc) is 3.24. The van der Waals surface area contributed by atoms with Gasteiger partial charge in [-0.05, 0) is 42.5 Å². The van der Waals surface area contributed by atoms with Crippen LogP contribution < -0.4 is 5.32 Å². The third-order valence-electron chi connectivity index (χ3n) is 4.02. The third-order valence-corrected chi connectivity index (χ3v) is 5.19. The Kier molecular flexibility index (Phi) is 6.42. The number of nitrogens with zero attached hydrogens (tertiary/aromatic N) is 1. The molecule has 2 aromatic rings. The number of hydrogen-bond acceptors (Lipinski definition) is 4. The topological polar surface area (TPSA) is 41.6 Å². The number of halogens is 2. The van der Waals surface area contributed by atoms with Crippen LogP contribution in [0.4, 0.5) is 10.1 Å². The maximum absolute atomic E-state index is 13.1. The van der Waals surface area contributed by atoms with E-state index in [9.17, 15) is 9.18 Å². The van der Waals surface area contributed by atoms with E-state index in [0.29, 0.717) is 18.8 Å². The Hall–Kier alpha value is -1.47. The fraction of sp³-hybridized carbons (Fsp3) is 0.389.